The maximum atomic E-state index is 10.7. The van der Waals surface area contributed by atoms with E-state index in [1.165, 1.54) is 0 Å². The first kappa shape index (κ1) is 17.4. The largest absolute Gasteiger partial charge is 0.505 e. The Labute approximate surface area is 156 Å². The molecule has 5 N–H and O–H groups in total. The Morgan fingerprint density at radius 3 is 2.16 bits per heavy atom. The van der Waals surface area contributed by atoms with Crippen molar-refractivity contribution in [2.24, 2.45) is 10.2 Å². The summed E-state index contributed by atoms with van der Waals surface area (Å²) in [4.78, 5) is 1.07. The zero-order chi connectivity index (χ0) is 18.3. The standard InChI is InChI=1S/C18H18N4OS2/c1-8-3-9(2)5-10(4-8)21-22-17-14(25)6-11-13(24)7-12(19)16(20)15(11)18(17)23/h3-7,23-25H,19-20H2,1-2H3. The van der Waals surface area contributed by atoms with Gasteiger partial charge in [0.15, 0.2) is 5.75 Å². The third-order valence-electron chi connectivity index (χ3n) is 3.87. The Bertz CT molecular complexity index is 1010. The molecule has 0 atom stereocenters. The first-order valence-corrected chi connectivity index (χ1v) is 8.43. The minimum Gasteiger partial charge on any atom is -0.505 e. The molecule has 0 saturated heterocycles. The molecule has 0 saturated carbocycles. The van der Waals surface area contributed by atoms with Crippen molar-refractivity contribution in [3.8, 4) is 5.75 Å². The predicted octanol–water partition coefficient (Wildman–Crippen LogP) is 5.32. The Hall–Kier alpha value is -2.38. The van der Waals surface area contributed by atoms with Crippen molar-refractivity contribution >= 4 is 58.8 Å². The van der Waals surface area contributed by atoms with Crippen LogP contribution in [0.15, 0.2) is 50.4 Å². The van der Waals surface area contributed by atoms with Gasteiger partial charge in [0.1, 0.15) is 5.69 Å². The zero-order valence-electron chi connectivity index (χ0n) is 13.8. The lowest BCUT2D eigenvalue weighted by molar-refractivity contribution is 0.481. The molecular weight excluding hydrogens is 352 g/mol. The number of rotatable bonds is 2. The molecule has 7 heteroatoms. The summed E-state index contributed by atoms with van der Waals surface area (Å²) in [6, 6.07) is 9.25. The molecule has 0 aliphatic heterocycles. The fourth-order valence-corrected chi connectivity index (χ4v) is 3.38. The van der Waals surface area contributed by atoms with E-state index >= 15 is 0 Å². The Kier molecular flexibility index (Phi) is 4.53. The van der Waals surface area contributed by atoms with Crippen molar-refractivity contribution in [2.45, 2.75) is 23.6 Å². The van der Waals surface area contributed by atoms with Gasteiger partial charge in [-0.25, -0.2) is 0 Å². The maximum absolute atomic E-state index is 10.7. The molecule has 3 aromatic carbocycles. The zero-order valence-corrected chi connectivity index (χ0v) is 15.6. The number of aromatic hydroxyl groups is 1. The molecule has 0 aliphatic rings. The normalized spacial score (nSPS) is 11.5. The first-order chi connectivity index (χ1) is 11.8. The molecule has 25 heavy (non-hydrogen) atoms. The lowest BCUT2D eigenvalue weighted by atomic mass is 10.1. The summed E-state index contributed by atoms with van der Waals surface area (Å²) in [6.45, 7) is 3.97. The van der Waals surface area contributed by atoms with Gasteiger partial charge in [0.25, 0.3) is 0 Å². The first-order valence-electron chi connectivity index (χ1n) is 7.53. The number of hydrogen-bond acceptors (Lipinski definition) is 7. The average Bonchev–Trinajstić information content (AvgIpc) is 2.51. The summed E-state index contributed by atoms with van der Waals surface area (Å²) in [5.74, 6) is -0.115. The number of phenols is 1. The van der Waals surface area contributed by atoms with Crippen molar-refractivity contribution in [1.29, 1.82) is 0 Å². The van der Waals surface area contributed by atoms with Crippen LogP contribution in [0.1, 0.15) is 11.1 Å². The van der Waals surface area contributed by atoms with Crippen LogP contribution < -0.4 is 11.5 Å². The summed E-state index contributed by atoms with van der Waals surface area (Å²) < 4.78 is 0. The molecule has 0 fully saturated rings. The predicted molar refractivity (Wildman–Crippen MR) is 109 cm³/mol. The van der Waals surface area contributed by atoms with Gasteiger partial charge in [0.05, 0.1) is 22.4 Å². The van der Waals surface area contributed by atoms with E-state index in [2.05, 4.69) is 35.5 Å². The number of hydrogen-bond donors (Lipinski definition) is 5. The van der Waals surface area contributed by atoms with E-state index in [-0.39, 0.29) is 17.1 Å². The van der Waals surface area contributed by atoms with Crippen molar-refractivity contribution < 1.29 is 5.11 Å². The molecule has 3 aromatic rings. The number of thiol groups is 2. The monoisotopic (exact) mass is 370 g/mol. The highest BCUT2D eigenvalue weighted by atomic mass is 32.1. The molecular formula is C18H18N4OS2. The molecule has 0 heterocycles. The van der Waals surface area contributed by atoms with Crippen molar-refractivity contribution in [3.63, 3.8) is 0 Å². The highest BCUT2D eigenvalue weighted by Gasteiger charge is 2.16. The molecule has 0 aliphatic carbocycles. The van der Waals surface area contributed by atoms with Gasteiger partial charge in [-0.15, -0.1) is 30.4 Å². The average molecular weight is 371 g/mol. The minimum atomic E-state index is -0.115. The number of nitrogens with two attached hydrogens (primary N) is 2. The summed E-state index contributed by atoms with van der Waals surface area (Å²) >= 11 is 8.81. The number of fused-ring (bicyclic) bond motifs is 1. The molecule has 0 radical (unpaired) electrons. The smallest absolute Gasteiger partial charge is 0.154 e. The van der Waals surface area contributed by atoms with Crippen molar-refractivity contribution in [1.82, 2.24) is 0 Å². The van der Waals surface area contributed by atoms with Crippen LogP contribution in [0.5, 0.6) is 5.75 Å². The fourth-order valence-electron chi connectivity index (χ4n) is 2.78. The molecule has 0 aromatic heterocycles. The molecule has 0 bridgehead atoms. The second-order valence-corrected chi connectivity index (χ2v) is 6.92. The van der Waals surface area contributed by atoms with E-state index in [1.54, 1.807) is 12.1 Å². The minimum absolute atomic E-state index is 0.115. The van der Waals surface area contributed by atoms with E-state index in [1.807, 2.05) is 32.0 Å². The van der Waals surface area contributed by atoms with Gasteiger partial charge in [-0.2, -0.15) is 5.11 Å². The van der Waals surface area contributed by atoms with Crippen LogP contribution in [-0.2, 0) is 0 Å². The molecule has 128 valence electrons. The molecule has 3 rings (SSSR count). The Balaban J connectivity index is 2.20. The van der Waals surface area contributed by atoms with Gasteiger partial charge < -0.3 is 16.6 Å². The van der Waals surface area contributed by atoms with E-state index in [0.29, 0.717) is 31.9 Å². The van der Waals surface area contributed by atoms with Gasteiger partial charge >= 0.3 is 0 Å². The summed E-state index contributed by atoms with van der Waals surface area (Å²) in [7, 11) is 0. The van der Waals surface area contributed by atoms with Gasteiger partial charge in [-0.1, -0.05) is 6.07 Å². The van der Waals surface area contributed by atoms with Crippen LogP contribution in [0, 0.1) is 13.8 Å². The highest BCUT2D eigenvalue weighted by Crippen LogP contribution is 2.46. The Morgan fingerprint density at radius 2 is 1.52 bits per heavy atom. The summed E-state index contributed by atoms with van der Waals surface area (Å²) in [5.41, 5.74) is 15.6. The SMILES string of the molecule is Cc1cc(C)cc(N=Nc2c(S)cc3c(S)cc(N)c(N)c3c2O)c1. The highest BCUT2D eigenvalue weighted by molar-refractivity contribution is 7.80. The van der Waals surface area contributed by atoms with Gasteiger partial charge in [0, 0.05) is 15.2 Å². The van der Waals surface area contributed by atoms with E-state index in [0.717, 1.165) is 11.1 Å². The van der Waals surface area contributed by atoms with Gasteiger partial charge in [-0.05, 0) is 49.2 Å². The van der Waals surface area contributed by atoms with E-state index < -0.39 is 0 Å². The number of nitrogens with zero attached hydrogens (tertiary/aromatic N) is 2. The fraction of sp³-hybridized carbons (Fsp3) is 0.111. The molecule has 0 spiro atoms. The number of phenolic OH excluding ortho intramolecular Hbond substituents is 1. The van der Waals surface area contributed by atoms with Crippen LogP contribution in [0.4, 0.5) is 22.7 Å². The van der Waals surface area contributed by atoms with Gasteiger partial charge in [-0.3, -0.25) is 0 Å². The van der Waals surface area contributed by atoms with Crippen LogP contribution in [0.3, 0.4) is 0 Å². The van der Waals surface area contributed by atoms with Crippen molar-refractivity contribution in [3.05, 3.63) is 41.5 Å². The van der Waals surface area contributed by atoms with Crippen LogP contribution in [0.25, 0.3) is 10.8 Å². The molecule has 0 unspecified atom stereocenters. The van der Waals surface area contributed by atoms with E-state index in [4.69, 9.17) is 11.5 Å². The number of aryl methyl sites for hydroxylation is 2. The third-order valence-corrected chi connectivity index (χ3v) is 4.59. The maximum Gasteiger partial charge on any atom is 0.154 e. The lowest BCUT2D eigenvalue weighted by Gasteiger charge is -2.12. The quantitative estimate of drug-likeness (QED) is 0.240. The van der Waals surface area contributed by atoms with Crippen LogP contribution in [0.2, 0.25) is 0 Å². The molecule has 5 nitrogen and oxygen atoms in total. The summed E-state index contributed by atoms with van der Waals surface area (Å²) in [5, 5.41) is 20.1. The lowest BCUT2D eigenvalue weighted by Crippen LogP contribution is -1.96. The van der Waals surface area contributed by atoms with E-state index in [9.17, 15) is 5.11 Å². The number of azo groups is 1. The number of benzene rings is 3. The Morgan fingerprint density at radius 1 is 0.880 bits per heavy atom. The second kappa shape index (κ2) is 6.50. The summed E-state index contributed by atoms with van der Waals surface area (Å²) in [6.07, 6.45) is 0. The third kappa shape index (κ3) is 3.25. The van der Waals surface area contributed by atoms with Crippen LogP contribution in [-0.4, -0.2) is 5.11 Å². The topological polar surface area (TPSA) is 97.0 Å². The number of nitrogen functional groups attached to an aromatic ring is 2. The van der Waals surface area contributed by atoms with Crippen molar-refractivity contribution in [2.75, 3.05) is 11.5 Å². The van der Waals surface area contributed by atoms with Gasteiger partial charge in [0.2, 0.25) is 0 Å². The molecule has 0 amide bonds. The second-order valence-electron chi connectivity index (χ2n) is 5.96. The number of anilines is 2. The van der Waals surface area contributed by atoms with Crippen LogP contribution >= 0.6 is 25.3 Å².